The fourth-order valence-electron chi connectivity index (χ4n) is 0.797. The summed E-state index contributed by atoms with van der Waals surface area (Å²) < 4.78 is 14.0. The molecule has 0 aliphatic heterocycles. The Kier molecular flexibility index (Phi) is 2.28. The maximum absolute atomic E-state index is 13.0. The molecule has 0 saturated heterocycles. The highest BCUT2D eigenvalue weighted by atomic mass is 127. The Labute approximate surface area is 73.6 Å². The zero-order chi connectivity index (χ0) is 7.72. The van der Waals surface area contributed by atoms with E-state index < -0.39 is 0 Å². The minimum absolute atomic E-state index is 0.0769. The van der Waals surface area contributed by atoms with Gasteiger partial charge < -0.3 is 0 Å². The van der Waals surface area contributed by atoms with E-state index in [0.717, 1.165) is 14.7 Å². The summed E-state index contributed by atoms with van der Waals surface area (Å²) in [5, 5.41) is 0. The highest BCUT2D eigenvalue weighted by molar-refractivity contribution is 14.1. The van der Waals surface area contributed by atoms with E-state index in [0.29, 0.717) is 0 Å². The van der Waals surface area contributed by atoms with Crippen molar-refractivity contribution in [1.29, 1.82) is 0 Å². The van der Waals surface area contributed by atoms with Gasteiger partial charge in [0.25, 0.3) is 0 Å². The second-order valence-electron chi connectivity index (χ2n) is 2.30. The molecule has 0 nitrogen and oxygen atoms in total. The first-order chi connectivity index (χ1) is 4.63. The van der Waals surface area contributed by atoms with Crippen LogP contribution in [-0.4, -0.2) is 0 Å². The van der Waals surface area contributed by atoms with Crippen LogP contribution in [0, 0.1) is 23.2 Å². The van der Waals surface area contributed by atoms with Gasteiger partial charge >= 0.3 is 0 Å². The summed E-state index contributed by atoms with van der Waals surface area (Å²) in [7, 11) is 0. The summed E-state index contributed by atoms with van der Waals surface area (Å²) in [5.41, 5.74) is 1.47. The van der Waals surface area contributed by atoms with Gasteiger partial charge in [-0.05, 0) is 53.6 Å². The van der Waals surface area contributed by atoms with Crippen LogP contribution in [0.2, 0.25) is 0 Å². The maximum Gasteiger partial charge on any atom is 0.130 e. The standard InChI is InChI=1S/C8H8FI/c1-5-3-4-7(10)6(2)8(5)9/h3-4H,1-2H3. The van der Waals surface area contributed by atoms with Gasteiger partial charge in [0.2, 0.25) is 0 Å². The predicted octanol–water partition coefficient (Wildman–Crippen LogP) is 3.05. The Morgan fingerprint density at radius 3 is 2.40 bits per heavy atom. The average Bonchev–Trinajstić information content (AvgIpc) is 1.93. The van der Waals surface area contributed by atoms with Crippen LogP contribution in [0.1, 0.15) is 11.1 Å². The Balaban J connectivity index is 3.34. The predicted molar refractivity (Wildman–Crippen MR) is 48.6 cm³/mol. The van der Waals surface area contributed by atoms with Gasteiger partial charge in [-0.3, -0.25) is 0 Å². The van der Waals surface area contributed by atoms with Gasteiger partial charge in [0.05, 0.1) is 0 Å². The van der Waals surface area contributed by atoms with E-state index in [9.17, 15) is 4.39 Å². The first-order valence-corrected chi connectivity index (χ1v) is 4.12. The van der Waals surface area contributed by atoms with Crippen LogP contribution in [0.15, 0.2) is 12.1 Å². The summed E-state index contributed by atoms with van der Waals surface area (Å²) in [4.78, 5) is 0. The molecule has 0 aromatic heterocycles. The zero-order valence-electron chi connectivity index (χ0n) is 5.91. The first-order valence-electron chi connectivity index (χ1n) is 3.04. The molecule has 0 saturated carbocycles. The quantitative estimate of drug-likeness (QED) is 0.621. The van der Waals surface area contributed by atoms with Crippen molar-refractivity contribution in [2.75, 3.05) is 0 Å². The van der Waals surface area contributed by atoms with Gasteiger partial charge in [-0.1, -0.05) is 6.07 Å². The van der Waals surface area contributed by atoms with E-state index in [1.165, 1.54) is 0 Å². The van der Waals surface area contributed by atoms with Gasteiger partial charge in [0, 0.05) is 3.57 Å². The Hall–Kier alpha value is -0.120. The lowest BCUT2D eigenvalue weighted by atomic mass is 10.1. The molecule has 54 valence electrons. The van der Waals surface area contributed by atoms with E-state index in [4.69, 9.17) is 0 Å². The molecule has 0 heterocycles. The topological polar surface area (TPSA) is 0 Å². The number of benzene rings is 1. The minimum atomic E-state index is -0.0769. The van der Waals surface area contributed by atoms with Crippen LogP contribution >= 0.6 is 22.6 Å². The van der Waals surface area contributed by atoms with Crippen molar-refractivity contribution in [2.24, 2.45) is 0 Å². The third-order valence-electron chi connectivity index (χ3n) is 1.51. The van der Waals surface area contributed by atoms with Crippen LogP contribution in [0.5, 0.6) is 0 Å². The molecule has 1 aromatic carbocycles. The monoisotopic (exact) mass is 250 g/mol. The molecular formula is C8H8FI. The van der Waals surface area contributed by atoms with Crippen molar-refractivity contribution in [3.05, 3.63) is 32.6 Å². The van der Waals surface area contributed by atoms with E-state index in [1.807, 2.05) is 6.07 Å². The summed E-state index contributed by atoms with van der Waals surface area (Å²) in [6.45, 7) is 3.57. The normalized spacial score (nSPS) is 10.0. The molecule has 0 amide bonds. The average molecular weight is 250 g/mol. The third-order valence-corrected chi connectivity index (χ3v) is 2.68. The smallest absolute Gasteiger partial charge is 0.130 e. The molecule has 10 heavy (non-hydrogen) atoms. The number of hydrogen-bond acceptors (Lipinski definition) is 0. The summed E-state index contributed by atoms with van der Waals surface area (Å²) in [6, 6.07) is 3.72. The molecule has 0 fully saturated rings. The second kappa shape index (κ2) is 2.86. The van der Waals surface area contributed by atoms with Crippen molar-refractivity contribution < 1.29 is 4.39 Å². The molecule has 0 radical (unpaired) electrons. The molecule has 0 N–H and O–H groups in total. The molecule has 0 unspecified atom stereocenters. The molecule has 0 bridgehead atoms. The minimum Gasteiger partial charge on any atom is -0.206 e. The van der Waals surface area contributed by atoms with Crippen LogP contribution in [0.4, 0.5) is 4.39 Å². The van der Waals surface area contributed by atoms with Crippen molar-refractivity contribution in [3.63, 3.8) is 0 Å². The Bertz CT molecular complexity index is 229. The third kappa shape index (κ3) is 1.31. The summed E-state index contributed by atoms with van der Waals surface area (Å²) in [5.74, 6) is -0.0769. The number of aryl methyl sites for hydroxylation is 1. The van der Waals surface area contributed by atoms with Gasteiger partial charge in [-0.2, -0.15) is 0 Å². The van der Waals surface area contributed by atoms with Crippen molar-refractivity contribution in [2.45, 2.75) is 13.8 Å². The summed E-state index contributed by atoms with van der Waals surface area (Å²) >= 11 is 2.13. The van der Waals surface area contributed by atoms with E-state index in [-0.39, 0.29) is 5.82 Å². The van der Waals surface area contributed by atoms with Crippen molar-refractivity contribution >= 4 is 22.6 Å². The lowest BCUT2D eigenvalue weighted by molar-refractivity contribution is 0.608. The highest BCUT2D eigenvalue weighted by Crippen LogP contribution is 2.17. The Morgan fingerprint density at radius 2 is 1.90 bits per heavy atom. The van der Waals surface area contributed by atoms with E-state index in [1.54, 1.807) is 19.9 Å². The Morgan fingerprint density at radius 1 is 1.30 bits per heavy atom. The molecule has 1 aromatic rings. The van der Waals surface area contributed by atoms with Crippen molar-refractivity contribution in [3.8, 4) is 0 Å². The second-order valence-corrected chi connectivity index (χ2v) is 3.47. The number of halogens is 2. The summed E-state index contributed by atoms with van der Waals surface area (Å²) in [6.07, 6.45) is 0. The van der Waals surface area contributed by atoms with Crippen LogP contribution < -0.4 is 0 Å². The van der Waals surface area contributed by atoms with Crippen LogP contribution in [-0.2, 0) is 0 Å². The lowest BCUT2D eigenvalue weighted by Crippen LogP contribution is -1.89. The van der Waals surface area contributed by atoms with Gasteiger partial charge in [0.1, 0.15) is 5.82 Å². The van der Waals surface area contributed by atoms with Crippen LogP contribution in [0.25, 0.3) is 0 Å². The zero-order valence-corrected chi connectivity index (χ0v) is 8.07. The largest absolute Gasteiger partial charge is 0.206 e. The maximum atomic E-state index is 13.0. The van der Waals surface area contributed by atoms with Gasteiger partial charge in [0.15, 0.2) is 0 Å². The molecule has 1 rings (SSSR count). The van der Waals surface area contributed by atoms with Crippen molar-refractivity contribution in [1.82, 2.24) is 0 Å². The number of hydrogen-bond donors (Lipinski definition) is 0. The van der Waals surface area contributed by atoms with E-state index >= 15 is 0 Å². The molecule has 0 aliphatic rings. The molecule has 0 spiro atoms. The fourth-order valence-corrected chi connectivity index (χ4v) is 1.21. The lowest BCUT2D eigenvalue weighted by Gasteiger charge is -2.01. The van der Waals surface area contributed by atoms with E-state index in [2.05, 4.69) is 22.6 Å². The van der Waals surface area contributed by atoms with Gasteiger partial charge in [-0.15, -0.1) is 0 Å². The van der Waals surface area contributed by atoms with Crippen LogP contribution in [0.3, 0.4) is 0 Å². The molecule has 2 heteroatoms. The van der Waals surface area contributed by atoms with Gasteiger partial charge in [-0.25, -0.2) is 4.39 Å². The first kappa shape index (κ1) is 7.98. The SMILES string of the molecule is Cc1ccc(I)c(C)c1F. The molecular weight excluding hydrogens is 242 g/mol. The number of rotatable bonds is 0. The highest BCUT2D eigenvalue weighted by Gasteiger charge is 2.02. The molecule has 0 aliphatic carbocycles. The fraction of sp³-hybridized carbons (Fsp3) is 0.250. The molecule has 0 atom stereocenters.